The zero-order valence-electron chi connectivity index (χ0n) is 10.1. The van der Waals surface area contributed by atoms with Crippen molar-refractivity contribution in [1.29, 1.82) is 0 Å². The van der Waals surface area contributed by atoms with Crippen LogP contribution in [0.1, 0.15) is 20.3 Å². The number of morpholine rings is 1. The lowest BCUT2D eigenvalue weighted by molar-refractivity contribution is -0.140. The fourth-order valence-electron chi connectivity index (χ4n) is 1.62. The zero-order chi connectivity index (χ0) is 12.1. The molecule has 1 heterocycles. The fraction of sp³-hybridized carbons (Fsp3) is 0.909. The summed E-state index contributed by atoms with van der Waals surface area (Å²) in [4.78, 5) is 13.6. The van der Waals surface area contributed by atoms with E-state index in [1.165, 1.54) is 0 Å². The lowest BCUT2D eigenvalue weighted by Gasteiger charge is -2.33. The maximum absolute atomic E-state index is 11.9. The molecule has 0 radical (unpaired) electrons. The molecule has 1 fully saturated rings. The smallest absolute Gasteiger partial charge is 0.224 e. The molecule has 3 N–H and O–H groups in total. The molecule has 0 aromatic rings. The van der Waals surface area contributed by atoms with Crippen LogP contribution >= 0.6 is 0 Å². The summed E-state index contributed by atoms with van der Waals surface area (Å²) in [6.45, 7) is 5.54. The summed E-state index contributed by atoms with van der Waals surface area (Å²) in [5.41, 5.74) is 5.86. The Morgan fingerprint density at radius 2 is 2.31 bits per heavy atom. The number of nitrogens with two attached hydrogens (primary N) is 1. The summed E-state index contributed by atoms with van der Waals surface area (Å²) in [5.74, 6) is 0.363. The van der Waals surface area contributed by atoms with Crippen molar-refractivity contribution < 1.29 is 14.6 Å². The third-order valence-electron chi connectivity index (χ3n) is 2.96. The van der Waals surface area contributed by atoms with Crippen molar-refractivity contribution in [3.63, 3.8) is 0 Å². The van der Waals surface area contributed by atoms with E-state index >= 15 is 0 Å². The minimum absolute atomic E-state index is 0.0417. The highest BCUT2D eigenvalue weighted by atomic mass is 16.5. The first-order chi connectivity index (χ1) is 7.54. The molecule has 0 aromatic heterocycles. The van der Waals surface area contributed by atoms with Crippen molar-refractivity contribution in [2.24, 2.45) is 11.7 Å². The number of rotatable bonds is 4. The molecule has 1 aliphatic heterocycles. The van der Waals surface area contributed by atoms with Crippen molar-refractivity contribution in [3.05, 3.63) is 0 Å². The summed E-state index contributed by atoms with van der Waals surface area (Å²) in [7, 11) is 0. The molecule has 0 saturated carbocycles. The Balaban J connectivity index is 2.41. The molecule has 0 aromatic carbocycles. The predicted octanol–water partition coefficient (Wildman–Crippen LogP) is -0.420. The number of hydrogen-bond donors (Lipinski definition) is 2. The third kappa shape index (κ3) is 3.73. The van der Waals surface area contributed by atoms with Crippen molar-refractivity contribution in [2.45, 2.75) is 32.4 Å². The van der Waals surface area contributed by atoms with Crippen molar-refractivity contribution in [1.82, 2.24) is 4.90 Å². The van der Waals surface area contributed by atoms with Gasteiger partial charge in [-0.2, -0.15) is 0 Å². The first-order valence-electron chi connectivity index (χ1n) is 5.80. The van der Waals surface area contributed by atoms with Crippen LogP contribution in [0.3, 0.4) is 0 Å². The van der Waals surface area contributed by atoms with Crippen molar-refractivity contribution in [2.75, 3.05) is 26.3 Å². The third-order valence-corrected chi connectivity index (χ3v) is 2.96. The second-order valence-electron chi connectivity index (χ2n) is 4.63. The molecule has 94 valence electrons. The Hall–Kier alpha value is -0.650. The van der Waals surface area contributed by atoms with Crippen molar-refractivity contribution in [3.8, 4) is 0 Å². The number of hydrogen-bond acceptors (Lipinski definition) is 4. The largest absolute Gasteiger partial charge is 0.394 e. The monoisotopic (exact) mass is 230 g/mol. The summed E-state index contributed by atoms with van der Waals surface area (Å²) in [6.07, 6.45) is 0.128. The summed E-state index contributed by atoms with van der Waals surface area (Å²) in [5, 5.41) is 8.97. The molecule has 0 aliphatic carbocycles. The van der Waals surface area contributed by atoms with Gasteiger partial charge in [-0.15, -0.1) is 0 Å². The van der Waals surface area contributed by atoms with E-state index in [1.807, 2.05) is 13.8 Å². The molecule has 2 atom stereocenters. The number of carbonyl (C=O) groups excluding carboxylic acids is 1. The summed E-state index contributed by atoms with van der Waals surface area (Å²) >= 11 is 0. The molecule has 1 aliphatic rings. The predicted molar refractivity (Wildman–Crippen MR) is 60.8 cm³/mol. The molecular weight excluding hydrogens is 208 g/mol. The molecule has 1 amide bonds. The lowest BCUT2D eigenvalue weighted by Crippen LogP contribution is -2.48. The van der Waals surface area contributed by atoms with E-state index in [0.717, 1.165) is 0 Å². The molecule has 5 heteroatoms. The number of amides is 1. The summed E-state index contributed by atoms with van der Waals surface area (Å²) in [6, 6.07) is -0.0945. The highest BCUT2D eigenvalue weighted by Crippen LogP contribution is 2.10. The van der Waals surface area contributed by atoms with Gasteiger partial charge in [-0.1, -0.05) is 13.8 Å². The first-order valence-corrected chi connectivity index (χ1v) is 5.80. The van der Waals surface area contributed by atoms with E-state index in [2.05, 4.69) is 0 Å². The Bertz CT molecular complexity index is 233. The highest BCUT2D eigenvalue weighted by Gasteiger charge is 2.25. The van der Waals surface area contributed by atoms with Gasteiger partial charge in [0.15, 0.2) is 0 Å². The van der Waals surface area contributed by atoms with Crippen LogP contribution in [0, 0.1) is 5.92 Å². The van der Waals surface area contributed by atoms with Gasteiger partial charge in [0.1, 0.15) is 0 Å². The molecule has 0 bridgehead atoms. The average molecular weight is 230 g/mol. The van der Waals surface area contributed by atoms with Gasteiger partial charge in [0.05, 0.1) is 19.3 Å². The van der Waals surface area contributed by atoms with Gasteiger partial charge in [0.2, 0.25) is 5.91 Å². The van der Waals surface area contributed by atoms with E-state index in [1.54, 1.807) is 4.90 Å². The topological polar surface area (TPSA) is 75.8 Å². The molecular formula is C11H22N2O3. The standard InChI is InChI=1S/C11H22N2O3/c1-8(2)10(12)5-11(15)13-3-4-16-9(6-13)7-14/h8-10,14H,3-7,12H2,1-2H3. The quantitative estimate of drug-likeness (QED) is 0.688. The average Bonchev–Trinajstić information content (AvgIpc) is 2.28. The van der Waals surface area contributed by atoms with E-state index in [0.29, 0.717) is 32.0 Å². The van der Waals surface area contributed by atoms with Crippen LogP contribution in [0.4, 0.5) is 0 Å². The van der Waals surface area contributed by atoms with Gasteiger partial charge < -0.3 is 20.5 Å². The Morgan fingerprint density at radius 3 is 2.88 bits per heavy atom. The number of nitrogens with zero attached hydrogens (tertiary/aromatic N) is 1. The molecule has 2 unspecified atom stereocenters. The maximum Gasteiger partial charge on any atom is 0.224 e. The highest BCUT2D eigenvalue weighted by molar-refractivity contribution is 5.77. The van der Waals surface area contributed by atoms with E-state index in [-0.39, 0.29) is 24.7 Å². The Morgan fingerprint density at radius 1 is 1.62 bits per heavy atom. The van der Waals surface area contributed by atoms with E-state index < -0.39 is 0 Å². The second-order valence-corrected chi connectivity index (χ2v) is 4.63. The van der Waals surface area contributed by atoms with Gasteiger partial charge >= 0.3 is 0 Å². The molecule has 16 heavy (non-hydrogen) atoms. The van der Waals surface area contributed by atoms with Crippen LogP contribution in [0.15, 0.2) is 0 Å². The van der Waals surface area contributed by atoms with Crippen LogP contribution in [0.2, 0.25) is 0 Å². The Labute approximate surface area is 96.6 Å². The first kappa shape index (κ1) is 13.4. The molecule has 1 saturated heterocycles. The maximum atomic E-state index is 11.9. The molecule has 1 rings (SSSR count). The molecule has 0 spiro atoms. The number of carbonyl (C=O) groups is 1. The van der Waals surface area contributed by atoms with Gasteiger partial charge in [-0.05, 0) is 5.92 Å². The van der Waals surface area contributed by atoms with Crippen LogP contribution in [-0.4, -0.2) is 54.4 Å². The van der Waals surface area contributed by atoms with Crippen LogP contribution < -0.4 is 5.73 Å². The van der Waals surface area contributed by atoms with Crippen LogP contribution in [0.5, 0.6) is 0 Å². The van der Waals surface area contributed by atoms with E-state index in [9.17, 15) is 4.79 Å². The Kier molecular flexibility index (Phi) is 5.18. The van der Waals surface area contributed by atoms with E-state index in [4.69, 9.17) is 15.6 Å². The number of aliphatic hydroxyl groups is 1. The SMILES string of the molecule is CC(C)C(N)CC(=O)N1CCOC(CO)C1. The van der Waals surface area contributed by atoms with Gasteiger partial charge in [0, 0.05) is 25.6 Å². The second kappa shape index (κ2) is 6.18. The van der Waals surface area contributed by atoms with Crippen molar-refractivity contribution >= 4 is 5.91 Å². The van der Waals surface area contributed by atoms with Crippen LogP contribution in [-0.2, 0) is 9.53 Å². The minimum atomic E-state index is -0.243. The zero-order valence-corrected chi connectivity index (χ0v) is 10.1. The minimum Gasteiger partial charge on any atom is -0.394 e. The van der Waals surface area contributed by atoms with Gasteiger partial charge in [0.25, 0.3) is 0 Å². The van der Waals surface area contributed by atoms with Crippen LogP contribution in [0.25, 0.3) is 0 Å². The van der Waals surface area contributed by atoms with Gasteiger partial charge in [-0.25, -0.2) is 0 Å². The normalized spacial score (nSPS) is 23.6. The molecule has 5 nitrogen and oxygen atoms in total. The number of aliphatic hydroxyl groups excluding tert-OH is 1. The lowest BCUT2D eigenvalue weighted by atomic mass is 10.0. The number of ether oxygens (including phenoxy) is 1. The fourth-order valence-corrected chi connectivity index (χ4v) is 1.62. The summed E-state index contributed by atoms with van der Waals surface area (Å²) < 4.78 is 5.28. The van der Waals surface area contributed by atoms with Gasteiger partial charge in [-0.3, -0.25) is 4.79 Å².